The molecule has 0 N–H and O–H groups in total. The molecule has 110 valence electrons. The van der Waals surface area contributed by atoms with Crippen LogP contribution in [0, 0.1) is 17.2 Å². The van der Waals surface area contributed by atoms with Crippen molar-refractivity contribution in [3.8, 4) is 6.07 Å². The van der Waals surface area contributed by atoms with Gasteiger partial charge in [0.2, 0.25) is 5.91 Å². The van der Waals surface area contributed by atoms with Gasteiger partial charge in [0.05, 0.1) is 31.1 Å². The van der Waals surface area contributed by atoms with Crippen LogP contribution in [0.25, 0.3) is 0 Å². The number of methoxy groups -OCH3 is 1. The summed E-state index contributed by atoms with van der Waals surface area (Å²) in [7, 11) is 1.39. The normalized spacial score (nSPS) is 15.3. The van der Waals surface area contributed by atoms with E-state index in [0.717, 1.165) is 5.56 Å². The van der Waals surface area contributed by atoms with E-state index in [9.17, 15) is 9.59 Å². The zero-order valence-corrected chi connectivity index (χ0v) is 12.0. The number of benzene rings is 1. The largest absolute Gasteiger partial charge is 0.469 e. The summed E-state index contributed by atoms with van der Waals surface area (Å²) in [4.78, 5) is 25.4. The molecule has 1 fully saturated rings. The average molecular weight is 286 g/mol. The highest BCUT2D eigenvalue weighted by molar-refractivity contribution is 5.79. The van der Waals surface area contributed by atoms with Gasteiger partial charge in [-0.25, -0.2) is 0 Å². The van der Waals surface area contributed by atoms with E-state index in [-0.39, 0.29) is 17.8 Å². The van der Waals surface area contributed by atoms with Gasteiger partial charge in [-0.3, -0.25) is 9.59 Å². The lowest BCUT2D eigenvalue weighted by Crippen LogP contribution is -2.41. The molecule has 1 aliphatic rings. The van der Waals surface area contributed by atoms with E-state index in [2.05, 4.69) is 6.07 Å². The van der Waals surface area contributed by atoms with Crippen molar-refractivity contribution in [3.05, 3.63) is 35.4 Å². The van der Waals surface area contributed by atoms with E-state index < -0.39 is 0 Å². The first-order valence-electron chi connectivity index (χ1n) is 6.98. The third kappa shape index (κ3) is 3.82. The summed E-state index contributed by atoms with van der Waals surface area (Å²) >= 11 is 0. The zero-order chi connectivity index (χ0) is 15.2. The van der Waals surface area contributed by atoms with Gasteiger partial charge in [-0.05, 0) is 30.5 Å². The molecule has 2 rings (SSSR count). The van der Waals surface area contributed by atoms with Crippen LogP contribution >= 0.6 is 0 Å². The Hall–Kier alpha value is -2.35. The molecule has 1 amide bonds. The molecule has 5 nitrogen and oxygen atoms in total. The van der Waals surface area contributed by atoms with Crippen molar-refractivity contribution >= 4 is 11.9 Å². The highest BCUT2D eigenvalue weighted by Gasteiger charge is 2.27. The number of likely N-dealkylation sites (tertiary alicyclic amines) is 1. The van der Waals surface area contributed by atoms with Crippen molar-refractivity contribution in [1.29, 1.82) is 5.26 Å². The van der Waals surface area contributed by atoms with Gasteiger partial charge in [0.1, 0.15) is 0 Å². The van der Waals surface area contributed by atoms with Gasteiger partial charge in [0.15, 0.2) is 0 Å². The minimum atomic E-state index is -0.186. The fraction of sp³-hybridized carbons (Fsp3) is 0.438. The second-order valence-electron chi connectivity index (χ2n) is 5.16. The lowest BCUT2D eigenvalue weighted by Gasteiger charge is -2.30. The molecular weight excluding hydrogens is 268 g/mol. The molecule has 1 aliphatic heterocycles. The van der Waals surface area contributed by atoms with Crippen LogP contribution in [-0.4, -0.2) is 37.0 Å². The number of amides is 1. The highest BCUT2D eigenvalue weighted by atomic mass is 16.5. The minimum Gasteiger partial charge on any atom is -0.469 e. The summed E-state index contributed by atoms with van der Waals surface area (Å²) in [6, 6.07) is 9.09. The maximum Gasteiger partial charge on any atom is 0.308 e. The number of nitrogens with zero attached hydrogens (tertiary/aromatic N) is 2. The van der Waals surface area contributed by atoms with Crippen LogP contribution in [0.2, 0.25) is 0 Å². The van der Waals surface area contributed by atoms with Crippen molar-refractivity contribution < 1.29 is 14.3 Å². The molecule has 0 atom stereocenters. The summed E-state index contributed by atoms with van der Waals surface area (Å²) in [6.45, 7) is 1.18. The Labute approximate surface area is 124 Å². The van der Waals surface area contributed by atoms with Crippen molar-refractivity contribution in [2.75, 3.05) is 20.2 Å². The first-order valence-corrected chi connectivity index (χ1v) is 6.98. The van der Waals surface area contributed by atoms with Crippen LogP contribution in [0.1, 0.15) is 24.0 Å². The van der Waals surface area contributed by atoms with E-state index in [0.29, 0.717) is 37.9 Å². The monoisotopic (exact) mass is 286 g/mol. The molecule has 21 heavy (non-hydrogen) atoms. The number of hydrogen-bond donors (Lipinski definition) is 0. The van der Waals surface area contributed by atoms with Crippen LogP contribution in [0.15, 0.2) is 24.3 Å². The number of esters is 1. The molecule has 1 saturated heterocycles. The van der Waals surface area contributed by atoms with E-state index >= 15 is 0 Å². The second-order valence-corrected chi connectivity index (χ2v) is 5.16. The first kappa shape index (κ1) is 15.0. The molecule has 0 aromatic heterocycles. The van der Waals surface area contributed by atoms with E-state index in [1.54, 1.807) is 29.2 Å². The summed E-state index contributed by atoms with van der Waals surface area (Å²) in [5, 5.41) is 8.74. The average Bonchev–Trinajstić information content (AvgIpc) is 2.55. The molecule has 1 heterocycles. The molecule has 0 aliphatic carbocycles. The topological polar surface area (TPSA) is 70.4 Å². The van der Waals surface area contributed by atoms with Crippen molar-refractivity contribution in [2.45, 2.75) is 19.3 Å². The summed E-state index contributed by atoms with van der Waals surface area (Å²) in [5.41, 5.74) is 1.49. The number of carbonyl (C=O) groups is 2. The predicted molar refractivity (Wildman–Crippen MR) is 76.2 cm³/mol. The lowest BCUT2D eigenvalue weighted by molar-refractivity contribution is -0.148. The molecule has 0 spiro atoms. The Kier molecular flexibility index (Phi) is 4.94. The maximum absolute atomic E-state index is 12.2. The van der Waals surface area contributed by atoms with E-state index in [1.165, 1.54) is 7.11 Å². The van der Waals surface area contributed by atoms with Gasteiger partial charge in [-0.15, -0.1) is 0 Å². The van der Waals surface area contributed by atoms with Gasteiger partial charge in [0, 0.05) is 13.1 Å². The van der Waals surface area contributed by atoms with Crippen LogP contribution < -0.4 is 0 Å². The molecule has 0 unspecified atom stereocenters. The Morgan fingerprint density at radius 1 is 1.29 bits per heavy atom. The Balaban J connectivity index is 1.87. The number of nitriles is 1. The number of hydrogen-bond acceptors (Lipinski definition) is 4. The van der Waals surface area contributed by atoms with Gasteiger partial charge in [-0.1, -0.05) is 12.1 Å². The highest BCUT2D eigenvalue weighted by Crippen LogP contribution is 2.19. The molecule has 1 aromatic rings. The van der Waals surface area contributed by atoms with Crippen LogP contribution in [0.3, 0.4) is 0 Å². The Bertz CT molecular complexity index is 552. The van der Waals surface area contributed by atoms with Crippen LogP contribution in [0.5, 0.6) is 0 Å². The van der Waals surface area contributed by atoms with Gasteiger partial charge >= 0.3 is 5.97 Å². The minimum absolute atomic E-state index is 0.0584. The molecular formula is C16H18N2O3. The SMILES string of the molecule is COC(=O)C1CCN(C(=O)Cc2ccc(C#N)cc2)CC1. The van der Waals surface area contributed by atoms with Crippen LogP contribution in [-0.2, 0) is 20.7 Å². The van der Waals surface area contributed by atoms with E-state index in [4.69, 9.17) is 10.00 Å². The Morgan fingerprint density at radius 3 is 2.43 bits per heavy atom. The Morgan fingerprint density at radius 2 is 1.90 bits per heavy atom. The van der Waals surface area contributed by atoms with Crippen molar-refractivity contribution in [2.24, 2.45) is 5.92 Å². The third-order valence-electron chi connectivity index (χ3n) is 3.82. The maximum atomic E-state index is 12.2. The molecule has 1 aromatic carbocycles. The second kappa shape index (κ2) is 6.89. The standard InChI is InChI=1S/C16H18N2O3/c1-21-16(20)14-6-8-18(9-7-14)15(19)10-12-2-4-13(11-17)5-3-12/h2-5,14H,6-10H2,1H3. The van der Waals surface area contributed by atoms with Crippen molar-refractivity contribution in [3.63, 3.8) is 0 Å². The predicted octanol–water partition coefficient (Wildman–Crippen LogP) is 1.51. The van der Waals surface area contributed by atoms with Gasteiger partial charge in [0.25, 0.3) is 0 Å². The number of piperidine rings is 1. The molecule has 5 heteroatoms. The van der Waals surface area contributed by atoms with Crippen LogP contribution in [0.4, 0.5) is 0 Å². The number of carbonyl (C=O) groups excluding carboxylic acids is 2. The summed E-state index contributed by atoms with van der Waals surface area (Å²) in [5.74, 6) is -0.217. The molecule has 0 saturated carbocycles. The zero-order valence-electron chi connectivity index (χ0n) is 12.0. The summed E-state index contributed by atoms with van der Waals surface area (Å²) in [6.07, 6.45) is 1.65. The summed E-state index contributed by atoms with van der Waals surface area (Å²) < 4.78 is 4.73. The molecule has 0 bridgehead atoms. The third-order valence-corrected chi connectivity index (χ3v) is 3.82. The number of rotatable bonds is 3. The van der Waals surface area contributed by atoms with E-state index in [1.807, 2.05) is 0 Å². The van der Waals surface area contributed by atoms with Gasteiger partial charge < -0.3 is 9.64 Å². The smallest absolute Gasteiger partial charge is 0.308 e. The van der Waals surface area contributed by atoms with Gasteiger partial charge in [-0.2, -0.15) is 5.26 Å². The quantitative estimate of drug-likeness (QED) is 0.790. The fourth-order valence-electron chi connectivity index (χ4n) is 2.51. The lowest BCUT2D eigenvalue weighted by atomic mass is 9.96. The first-order chi connectivity index (χ1) is 10.1. The molecule has 0 radical (unpaired) electrons. The fourth-order valence-corrected chi connectivity index (χ4v) is 2.51. The van der Waals surface area contributed by atoms with Crippen molar-refractivity contribution in [1.82, 2.24) is 4.90 Å². The number of ether oxygens (including phenoxy) is 1.